The lowest BCUT2D eigenvalue weighted by atomic mass is 10.0. The van der Waals surface area contributed by atoms with Gasteiger partial charge in [-0.05, 0) is 18.9 Å². The Labute approximate surface area is 170 Å². The number of carbonyl (C=O) groups is 1. The highest BCUT2D eigenvalue weighted by atomic mass is 16.5. The molecule has 0 radical (unpaired) electrons. The van der Waals surface area contributed by atoms with E-state index >= 15 is 0 Å². The zero-order valence-corrected chi connectivity index (χ0v) is 17.0. The molecular formula is C21H27N5O3. The Morgan fingerprint density at radius 3 is 2.52 bits per heavy atom. The van der Waals surface area contributed by atoms with Gasteiger partial charge in [0.2, 0.25) is 0 Å². The van der Waals surface area contributed by atoms with Gasteiger partial charge in [0.05, 0.1) is 19.7 Å². The molecule has 0 unspecified atom stereocenters. The molecular weight excluding hydrogens is 370 g/mol. The molecule has 2 fully saturated rings. The van der Waals surface area contributed by atoms with Crippen molar-refractivity contribution < 1.29 is 14.3 Å². The summed E-state index contributed by atoms with van der Waals surface area (Å²) in [5, 5.41) is 0.943. The SMILES string of the molecule is C=CCN1CCN(C2CCN(c3ncnc4cc(OC)c(OC)cc34)CC2)C1=O. The third-order valence-electron chi connectivity index (χ3n) is 5.80. The number of carbonyl (C=O) groups excluding carboxylic acids is 1. The van der Waals surface area contributed by atoms with Crippen molar-refractivity contribution in [3.8, 4) is 11.5 Å². The second-order valence-electron chi connectivity index (χ2n) is 7.35. The summed E-state index contributed by atoms with van der Waals surface area (Å²) in [4.78, 5) is 27.7. The molecule has 8 nitrogen and oxygen atoms in total. The Morgan fingerprint density at radius 2 is 1.83 bits per heavy atom. The monoisotopic (exact) mass is 397 g/mol. The number of fused-ring (bicyclic) bond motifs is 1. The summed E-state index contributed by atoms with van der Waals surface area (Å²) in [5.74, 6) is 2.21. The molecule has 8 heteroatoms. The van der Waals surface area contributed by atoms with E-state index in [1.165, 1.54) is 0 Å². The van der Waals surface area contributed by atoms with Crippen molar-refractivity contribution in [2.45, 2.75) is 18.9 Å². The molecule has 0 spiro atoms. The van der Waals surface area contributed by atoms with Crippen molar-refractivity contribution in [3.05, 3.63) is 31.1 Å². The summed E-state index contributed by atoms with van der Waals surface area (Å²) in [6, 6.07) is 4.22. The van der Waals surface area contributed by atoms with Crippen LogP contribution in [0.15, 0.2) is 31.1 Å². The van der Waals surface area contributed by atoms with Crippen molar-refractivity contribution in [2.24, 2.45) is 0 Å². The number of benzene rings is 1. The summed E-state index contributed by atoms with van der Waals surface area (Å²) >= 11 is 0. The van der Waals surface area contributed by atoms with E-state index in [1.807, 2.05) is 21.9 Å². The van der Waals surface area contributed by atoms with Crippen molar-refractivity contribution in [1.29, 1.82) is 0 Å². The average molecular weight is 397 g/mol. The first kappa shape index (κ1) is 19.3. The first-order valence-corrected chi connectivity index (χ1v) is 9.94. The van der Waals surface area contributed by atoms with Gasteiger partial charge in [-0.15, -0.1) is 6.58 Å². The third-order valence-corrected chi connectivity index (χ3v) is 5.80. The summed E-state index contributed by atoms with van der Waals surface area (Å²) in [6.07, 6.45) is 5.22. The maximum atomic E-state index is 12.6. The normalized spacial score (nSPS) is 17.9. The third kappa shape index (κ3) is 3.54. The van der Waals surface area contributed by atoms with E-state index in [-0.39, 0.29) is 12.1 Å². The smallest absolute Gasteiger partial charge is 0.320 e. The Bertz CT molecular complexity index is 911. The van der Waals surface area contributed by atoms with Crippen LogP contribution in [0.5, 0.6) is 11.5 Å². The number of ether oxygens (including phenoxy) is 2. The second kappa shape index (κ2) is 8.14. The largest absolute Gasteiger partial charge is 0.493 e. The molecule has 1 aromatic carbocycles. The van der Waals surface area contributed by atoms with E-state index in [2.05, 4.69) is 21.4 Å². The first-order valence-electron chi connectivity index (χ1n) is 9.94. The van der Waals surface area contributed by atoms with Crippen molar-refractivity contribution in [2.75, 3.05) is 51.8 Å². The fraction of sp³-hybridized carbons (Fsp3) is 0.476. The van der Waals surface area contributed by atoms with E-state index in [0.717, 1.165) is 55.7 Å². The van der Waals surface area contributed by atoms with Crippen LogP contribution < -0.4 is 14.4 Å². The fourth-order valence-corrected chi connectivity index (χ4v) is 4.28. The Morgan fingerprint density at radius 1 is 1.10 bits per heavy atom. The minimum Gasteiger partial charge on any atom is -0.493 e. The van der Waals surface area contributed by atoms with Gasteiger partial charge in [-0.2, -0.15) is 0 Å². The molecule has 154 valence electrons. The lowest BCUT2D eigenvalue weighted by Crippen LogP contribution is -2.46. The van der Waals surface area contributed by atoms with Gasteiger partial charge in [0.15, 0.2) is 11.5 Å². The molecule has 0 saturated carbocycles. The molecule has 0 aliphatic carbocycles. The zero-order valence-electron chi connectivity index (χ0n) is 17.0. The van der Waals surface area contributed by atoms with E-state index in [9.17, 15) is 4.79 Å². The van der Waals surface area contributed by atoms with Crippen molar-refractivity contribution in [3.63, 3.8) is 0 Å². The molecule has 0 bridgehead atoms. The number of amides is 2. The highest BCUT2D eigenvalue weighted by Crippen LogP contribution is 2.35. The van der Waals surface area contributed by atoms with Gasteiger partial charge in [-0.1, -0.05) is 6.08 Å². The molecule has 0 N–H and O–H groups in total. The molecule has 2 amide bonds. The number of urea groups is 1. The number of piperidine rings is 1. The molecule has 3 heterocycles. The first-order chi connectivity index (χ1) is 14.2. The van der Waals surface area contributed by atoms with Gasteiger partial charge < -0.3 is 24.2 Å². The highest BCUT2D eigenvalue weighted by molar-refractivity contribution is 5.92. The molecule has 2 saturated heterocycles. The van der Waals surface area contributed by atoms with Crippen LogP contribution in [0.4, 0.5) is 10.6 Å². The molecule has 0 atom stereocenters. The van der Waals surface area contributed by atoms with Crippen molar-refractivity contribution >= 4 is 22.8 Å². The second-order valence-corrected chi connectivity index (χ2v) is 7.35. The van der Waals surface area contributed by atoms with Crippen LogP contribution in [0.3, 0.4) is 0 Å². The Balaban J connectivity index is 1.51. The predicted octanol–water partition coefficient (Wildman–Crippen LogP) is 2.54. The molecule has 29 heavy (non-hydrogen) atoms. The van der Waals surface area contributed by atoms with Crippen LogP contribution in [-0.2, 0) is 0 Å². The molecule has 4 rings (SSSR count). The molecule has 2 aromatic rings. The van der Waals surface area contributed by atoms with E-state index in [1.54, 1.807) is 26.6 Å². The Hall–Kier alpha value is -3.03. The minimum absolute atomic E-state index is 0.132. The number of methoxy groups -OCH3 is 2. The van der Waals surface area contributed by atoms with Gasteiger partial charge in [0, 0.05) is 50.2 Å². The Kier molecular flexibility index (Phi) is 5.42. The topological polar surface area (TPSA) is 71.0 Å². The molecule has 2 aliphatic heterocycles. The molecule has 2 aliphatic rings. The number of anilines is 1. The van der Waals surface area contributed by atoms with Gasteiger partial charge in [-0.25, -0.2) is 14.8 Å². The maximum Gasteiger partial charge on any atom is 0.320 e. The van der Waals surface area contributed by atoms with Gasteiger partial charge in [0.25, 0.3) is 0 Å². The van der Waals surface area contributed by atoms with E-state index < -0.39 is 0 Å². The van der Waals surface area contributed by atoms with Crippen LogP contribution in [0.2, 0.25) is 0 Å². The summed E-state index contributed by atoms with van der Waals surface area (Å²) in [5.41, 5.74) is 0.824. The number of nitrogens with zero attached hydrogens (tertiary/aromatic N) is 5. The standard InChI is InChI=1S/C21H27N5O3/c1-4-7-25-10-11-26(21(25)27)15-5-8-24(9-6-15)20-16-12-18(28-2)19(29-3)13-17(16)22-14-23-20/h4,12-15H,1,5-11H2,2-3H3. The van der Waals surface area contributed by atoms with Gasteiger partial charge in [-0.3, -0.25) is 0 Å². The summed E-state index contributed by atoms with van der Waals surface area (Å²) in [6.45, 7) is 7.62. The summed E-state index contributed by atoms with van der Waals surface area (Å²) < 4.78 is 10.8. The number of hydrogen-bond donors (Lipinski definition) is 0. The van der Waals surface area contributed by atoms with Crippen LogP contribution in [0.25, 0.3) is 10.9 Å². The number of hydrogen-bond acceptors (Lipinski definition) is 6. The van der Waals surface area contributed by atoms with Gasteiger partial charge >= 0.3 is 6.03 Å². The average Bonchev–Trinajstić information content (AvgIpc) is 3.13. The van der Waals surface area contributed by atoms with E-state index in [4.69, 9.17) is 9.47 Å². The van der Waals surface area contributed by atoms with Gasteiger partial charge in [0.1, 0.15) is 12.1 Å². The minimum atomic E-state index is 0.132. The quantitative estimate of drug-likeness (QED) is 0.698. The highest BCUT2D eigenvalue weighted by Gasteiger charge is 2.35. The molecule has 1 aromatic heterocycles. The fourth-order valence-electron chi connectivity index (χ4n) is 4.28. The van der Waals surface area contributed by atoms with Crippen LogP contribution in [0, 0.1) is 0 Å². The number of aromatic nitrogens is 2. The number of rotatable bonds is 6. The van der Waals surface area contributed by atoms with Crippen molar-refractivity contribution in [1.82, 2.24) is 19.8 Å². The lowest BCUT2D eigenvalue weighted by molar-refractivity contribution is 0.171. The lowest BCUT2D eigenvalue weighted by Gasteiger charge is -2.37. The van der Waals surface area contributed by atoms with Crippen LogP contribution in [0.1, 0.15) is 12.8 Å². The van der Waals surface area contributed by atoms with Crippen LogP contribution >= 0.6 is 0 Å². The predicted molar refractivity (Wildman–Crippen MR) is 112 cm³/mol. The van der Waals surface area contributed by atoms with E-state index in [0.29, 0.717) is 18.0 Å². The maximum absolute atomic E-state index is 12.6. The zero-order chi connectivity index (χ0) is 20.4. The van der Waals surface area contributed by atoms with Crippen LogP contribution in [-0.4, -0.2) is 78.8 Å². The summed E-state index contributed by atoms with van der Waals surface area (Å²) in [7, 11) is 3.24.